The second-order valence-electron chi connectivity index (χ2n) is 5.32. The normalized spacial score (nSPS) is 11.6. The number of anilines is 1. The lowest BCUT2D eigenvalue weighted by Crippen LogP contribution is -2.16. The van der Waals surface area contributed by atoms with E-state index in [-0.39, 0.29) is 30.4 Å². The second kappa shape index (κ2) is 8.36. The number of nitrogens with one attached hydrogen (secondary N) is 1. The number of hydrogen-bond donors (Lipinski definition) is 1. The van der Waals surface area contributed by atoms with E-state index in [0.29, 0.717) is 12.3 Å². The molecule has 0 saturated heterocycles. The summed E-state index contributed by atoms with van der Waals surface area (Å²) >= 11 is 0. The van der Waals surface area contributed by atoms with Crippen molar-refractivity contribution in [2.75, 3.05) is 18.5 Å². The molecular formula is C18H21N2O5P. The number of oxazole rings is 1. The van der Waals surface area contributed by atoms with Crippen LogP contribution in [0.1, 0.15) is 19.4 Å². The smallest absolute Gasteiger partial charge is 0.385 e. The van der Waals surface area contributed by atoms with Crippen LogP contribution in [0.5, 0.6) is 0 Å². The summed E-state index contributed by atoms with van der Waals surface area (Å²) in [5, 5.41) is 3.13. The molecule has 0 saturated carbocycles. The average Bonchev–Trinajstić information content (AvgIpc) is 3.31. The van der Waals surface area contributed by atoms with Crippen molar-refractivity contribution in [3.63, 3.8) is 0 Å². The molecular weight excluding hydrogens is 355 g/mol. The highest BCUT2D eigenvalue weighted by Crippen LogP contribution is 2.49. The van der Waals surface area contributed by atoms with Crippen LogP contribution < -0.4 is 10.8 Å². The van der Waals surface area contributed by atoms with Gasteiger partial charge in [-0.2, -0.15) is 4.98 Å². The molecule has 3 rings (SSSR count). The van der Waals surface area contributed by atoms with Crippen LogP contribution in [0.15, 0.2) is 57.6 Å². The van der Waals surface area contributed by atoms with Gasteiger partial charge in [0.15, 0.2) is 5.76 Å². The van der Waals surface area contributed by atoms with Crippen LogP contribution in [0.2, 0.25) is 0 Å². The third kappa shape index (κ3) is 4.07. The molecule has 1 aromatic carbocycles. The Bertz CT molecular complexity index is 851. The summed E-state index contributed by atoms with van der Waals surface area (Å²) in [6, 6.07) is 13.2. The van der Waals surface area contributed by atoms with E-state index < -0.39 is 7.60 Å². The van der Waals surface area contributed by atoms with Gasteiger partial charge in [0.05, 0.1) is 19.5 Å². The van der Waals surface area contributed by atoms with E-state index >= 15 is 0 Å². The summed E-state index contributed by atoms with van der Waals surface area (Å²) in [5.41, 5.74) is 1.15. The van der Waals surface area contributed by atoms with Gasteiger partial charge in [0.1, 0.15) is 0 Å². The Hall–Kier alpha value is -2.34. The van der Waals surface area contributed by atoms with Gasteiger partial charge in [0.25, 0.3) is 5.89 Å². The lowest BCUT2D eigenvalue weighted by molar-refractivity contribution is 0.229. The zero-order chi connectivity index (χ0) is 18.4. The Morgan fingerprint density at radius 2 is 1.81 bits per heavy atom. The van der Waals surface area contributed by atoms with E-state index in [0.717, 1.165) is 5.56 Å². The molecule has 8 heteroatoms. The van der Waals surface area contributed by atoms with E-state index in [2.05, 4.69) is 10.3 Å². The molecule has 0 fully saturated rings. The van der Waals surface area contributed by atoms with Crippen molar-refractivity contribution in [1.29, 1.82) is 0 Å². The lowest BCUT2D eigenvalue weighted by atomic mass is 10.2. The minimum absolute atomic E-state index is 0.114. The Kier molecular flexibility index (Phi) is 5.93. The zero-order valence-electron chi connectivity index (χ0n) is 14.7. The zero-order valence-corrected chi connectivity index (χ0v) is 15.6. The maximum atomic E-state index is 13.2. The Labute approximate surface area is 151 Å². The molecule has 0 spiro atoms. The monoisotopic (exact) mass is 376 g/mol. The van der Waals surface area contributed by atoms with Gasteiger partial charge in [0.2, 0.25) is 11.3 Å². The van der Waals surface area contributed by atoms with Crippen LogP contribution in [-0.4, -0.2) is 18.2 Å². The Balaban J connectivity index is 1.96. The van der Waals surface area contributed by atoms with Gasteiger partial charge in [-0.25, -0.2) is 0 Å². The first-order valence-electron chi connectivity index (χ1n) is 8.38. The van der Waals surface area contributed by atoms with Gasteiger partial charge in [-0.3, -0.25) is 4.57 Å². The highest BCUT2D eigenvalue weighted by Gasteiger charge is 2.36. The molecule has 0 amide bonds. The molecule has 0 unspecified atom stereocenters. The number of benzene rings is 1. The number of hydrogen-bond acceptors (Lipinski definition) is 7. The van der Waals surface area contributed by atoms with Crippen LogP contribution in [0.4, 0.5) is 5.88 Å². The van der Waals surface area contributed by atoms with Gasteiger partial charge < -0.3 is 23.2 Å². The van der Waals surface area contributed by atoms with Crippen molar-refractivity contribution in [1.82, 2.24) is 4.98 Å². The third-order valence-electron chi connectivity index (χ3n) is 3.49. The van der Waals surface area contributed by atoms with Crippen LogP contribution in [0.25, 0.3) is 11.7 Å². The highest BCUT2D eigenvalue weighted by atomic mass is 31.2. The predicted octanol–water partition coefficient (Wildman–Crippen LogP) is 4.44. The Morgan fingerprint density at radius 3 is 2.42 bits per heavy atom. The summed E-state index contributed by atoms with van der Waals surface area (Å²) in [4.78, 5) is 4.34. The fourth-order valence-corrected chi connectivity index (χ4v) is 3.98. The van der Waals surface area contributed by atoms with Crippen molar-refractivity contribution in [2.45, 2.75) is 20.4 Å². The van der Waals surface area contributed by atoms with Crippen LogP contribution >= 0.6 is 7.60 Å². The topological polar surface area (TPSA) is 86.7 Å². The molecule has 2 aromatic heterocycles. The second-order valence-corrected chi connectivity index (χ2v) is 7.26. The van der Waals surface area contributed by atoms with Gasteiger partial charge in [-0.1, -0.05) is 30.3 Å². The number of furan rings is 1. The molecule has 138 valence electrons. The molecule has 7 nitrogen and oxygen atoms in total. The minimum atomic E-state index is -3.62. The van der Waals surface area contributed by atoms with Crippen LogP contribution in [0, 0.1) is 0 Å². The summed E-state index contributed by atoms with van der Waals surface area (Å²) in [6.07, 6.45) is 1.51. The van der Waals surface area contributed by atoms with Gasteiger partial charge in [-0.15, -0.1) is 0 Å². The highest BCUT2D eigenvalue weighted by molar-refractivity contribution is 7.62. The van der Waals surface area contributed by atoms with E-state index in [9.17, 15) is 4.57 Å². The van der Waals surface area contributed by atoms with Crippen LogP contribution in [0.3, 0.4) is 0 Å². The third-order valence-corrected chi connectivity index (χ3v) is 5.51. The Morgan fingerprint density at radius 1 is 1.08 bits per heavy atom. The molecule has 1 N–H and O–H groups in total. The molecule has 2 heterocycles. The molecule has 0 aliphatic carbocycles. The molecule has 26 heavy (non-hydrogen) atoms. The predicted molar refractivity (Wildman–Crippen MR) is 98.5 cm³/mol. The van der Waals surface area contributed by atoms with E-state index in [4.69, 9.17) is 17.9 Å². The van der Waals surface area contributed by atoms with Crippen molar-refractivity contribution in [3.8, 4) is 11.7 Å². The number of nitrogens with zero attached hydrogens (tertiary/aromatic N) is 1. The first-order chi connectivity index (χ1) is 12.7. The molecule has 3 aromatic rings. The van der Waals surface area contributed by atoms with Gasteiger partial charge in [-0.05, 0) is 31.5 Å². The van der Waals surface area contributed by atoms with E-state index in [1.807, 2.05) is 30.3 Å². The van der Waals surface area contributed by atoms with Gasteiger partial charge >= 0.3 is 7.60 Å². The summed E-state index contributed by atoms with van der Waals surface area (Å²) in [6.45, 7) is 4.40. The number of rotatable bonds is 9. The largest absolute Gasteiger partial charge is 0.459 e. The van der Waals surface area contributed by atoms with Crippen molar-refractivity contribution in [2.24, 2.45) is 0 Å². The SMILES string of the molecule is CCOP(=O)(OCC)c1nc(-c2ccco2)oc1NCc1ccccc1. The maximum Gasteiger partial charge on any atom is 0.385 e. The standard InChI is InChI=1S/C18H21N2O5P/c1-3-23-26(21,24-4-2)18-17(19-13-14-9-6-5-7-10-14)25-16(20-18)15-11-8-12-22-15/h5-12,19H,3-4,13H2,1-2H3. The molecule has 0 radical (unpaired) electrons. The summed E-state index contributed by atoms with van der Waals surface area (Å²) in [7, 11) is -3.62. The number of aromatic nitrogens is 1. The van der Waals surface area contributed by atoms with Gasteiger partial charge in [0, 0.05) is 6.54 Å². The van der Waals surface area contributed by atoms with Crippen molar-refractivity contribution >= 4 is 18.9 Å². The van der Waals surface area contributed by atoms with E-state index in [1.54, 1.807) is 26.0 Å². The maximum absolute atomic E-state index is 13.2. The quantitative estimate of drug-likeness (QED) is 0.553. The lowest BCUT2D eigenvalue weighted by Gasteiger charge is -2.15. The minimum Gasteiger partial charge on any atom is -0.459 e. The molecule has 0 bridgehead atoms. The first-order valence-corrected chi connectivity index (χ1v) is 9.92. The molecule has 0 aliphatic heterocycles. The fraction of sp³-hybridized carbons (Fsp3) is 0.278. The summed E-state index contributed by atoms with van der Waals surface area (Å²) < 4.78 is 35.1. The molecule has 0 aliphatic rings. The summed E-state index contributed by atoms with van der Waals surface area (Å²) in [5.74, 6) is 0.879. The fourth-order valence-electron chi connectivity index (χ4n) is 2.40. The van der Waals surface area contributed by atoms with Crippen LogP contribution in [-0.2, 0) is 20.2 Å². The van der Waals surface area contributed by atoms with E-state index in [1.165, 1.54) is 6.26 Å². The average molecular weight is 376 g/mol. The molecule has 0 atom stereocenters. The first kappa shape index (κ1) is 18.5. The van der Waals surface area contributed by atoms with Crippen molar-refractivity contribution < 1.29 is 22.4 Å². The van der Waals surface area contributed by atoms with Crippen molar-refractivity contribution in [3.05, 3.63) is 54.3 Å².